The average molecular weight is 285 g/mol. The molecule has 0 radical (unpaired) electrons. The van der Waals surface area contributed by atoms with Crippen molar-refractivity contribution in [1.82, 2.24) is 10.2 Å². The molecule has 4 N–H and O–H groups in total. The fraction of sp³-hybridized carbons (Fsp3) is 0.769. The highest BCUT2D eigenvalue weighted by Crippen LogP contribution is 2.35. The summed E-state index contributed by atoms with van der Waals surface area (Å²) in [6.07, 6.45) is 2.10. The highest BCUT2D eigenvalue weighted by molar-refractivity contribution is 5.83. The number of carbonyl (C=O) groups excluding carboxylic acids is 2. The minimum atomic E-state index is -0.935. The average Bonchev–Trinajstić information content (AvgIpc) is 2.22. The van der Waals surface area contributed by atoms with Crippen LogP contribution < -0.4 is 11.1 Å². The van der Waals surface area contributed by atoms with Crippen molar-refractivity contribution < 1.29 is 19.5 Å². The van der Waals surface area contributed by atoms with Crippen molar-refractivity contribution in [2.75, 3.05) is 13.1 Å². The zero-order valence-electron chi connectivity index (χ0n) is 12.0. The zero-order valence-corrected chi connectivity index (χ0v) is 12.0. The van der Waals surface area contributed by atoms with Crippen LogP contribution in [0.5, 0.6) is 0 Å². The summed E-state index contributed by atoms with van der Waals surface area (Å²) in [4.78, 5) is 35.5. The maximum Gasteiger partial charge on any atom is 0.318 e. The quantitative estimate of drug-likeness (QED) is 0.633. The first-order valence-electron chi connectivity index (χ1n) is 6.81. The standard InChI is InChI=1S/C13H23N3O4/c1-9(2)7-16(8-10(14)17)12(20)15-13(4-3-5-13)6-11(18)19/h9H,3-8H2,1-2H3,(H2,14,17)(H,15,20)(H,18,19). The SMILES string of the molecule is CC(C)CN(CC(N)=O)C(=O)NC1(CC(=O)O)CCC1. The smallest absolute Gasteiger partial charge is 0.318 e. The lowest BCUT2D eigenvalue weighted by atomic mass is 9.74. The number of hydrogen-bond acceptors (Lipinski definition) is 3. The summed E-state index contributed by atoms with van der Waals surface area (Å²) < 4.78 is 0. The van der Waals surface area contributed by atoms with E-state index in [0.29, 0.717) is 19.4 Å². The fourth-order valence-corrected chi connectivity index (χ4v) is 2.39. The molecule has 1 rings (SSSR count). The van der Waals surface area contributed by atoms with Gasteiger partial charge in [0.2, 0.25) is 5.91 Å². The Hall–Kier alpha value is -1.79. The third kappa shape index (κ3) is 4.71. The maximum absolute atomic E-state index is 12.2. The Morgan fingerprint density at radius 1 is 1.35 bits per heavy atom. The van der Waals surface area contributed by atoms with Crippen LogP contribution >= 0.6 is 0 Å². The summed E-state index contributed by atoms with van der Waals surface area (Å²) in [6.45, 7) is 4.10. The van der Waals surface area contributed by atoms with E-state index in [2.05, 4.69) is 5.32 Å². The molecule has 0 heterocycles. The minimum absolute atomic E-state index is 0.0924. The number of amides is 3. The summed E-state index contributed by atoms with van der Waals surface area (Å²) >= 11 is 0. The number of rotatable bonds is 7. The number of urea groups is 1. The molecular formula is C13H23N3O4. The third-order valence-electron chi connectivity index (χ3n) is 3.39. The van der Waals surface area contributed by atoms with Gasteiger partial charge in [-0.05, 0) is 25.2 Å². The summed E-state index contributed by atoms with van der Waals surface area (Å²) in [5, 5.41) is 11.7. The van der Waals surface area contributed by atoms with E-state index in [1.165, 1.54) is 4.90 Å². The molecule has 1 aliphatic carbocycles. The molecule has 0 aliphatic heterocycles. The van der Waals surface area contributed by atoms with Gasteiger partial charge in [-0.15, -0.1) is 0 Å². The third-order valence-corrected chi connectivity index (χ3v) is 3.39. The molecule has 1 aliphatic rings. The van der Waals surface area contributed by atoms with Crippen LogP contribution in [0.1, 0.15) is 39.5 Å². The number of carboxylic acid groups (broad SMARTS) is 1. The summed E-state index contributed by atoms with van der Waals surface area (Å²) in [5.41, 5.74) is 4.47. The number of nitrogens with one attached hydrogen (secondary N) is 1. The Morgan fingerprint density at radius 2 is 1.95 bits per heavy atom. The van der Waals surface area contributed by atoms with Gasteiger partial charge in [0.05, 0.1) is 12.0 Å². The van der Waals surface area contributed by atoms with Crippen LogP contribution in [0.4, 0.5) is 4.79 Å². The van der Waals surface area contributed by atoms with E-state index in [1.807, 2.05) is 13.8 Å². The largest absolute Gasteiger partial charge is 0.481 e. The number of nitrogens with zero attached hydrogens (tertiary/aromatic N) is 1. The monoisotopic (exact) mass is 285 g/mol. The van der Waals surface area contributed by atoms with Gasteiger partial charge in [0, 0.05) is 6.54 Å². The molecule has 0 bridgehead atoms. The first-order chi connectivity index (χ1) is 9.24. The van der Waals surface area contributed by atoms with E-state index >= 15 is 0 Å². The van der Waals surface area contributed by atoms with Crippen LogP contribution in [-0.2, 0) is 9.59 Å². The van der Waals surface area contributed by atoms with E-state index in [4.69, 9.17) is 10.8 Å². The van der Waals surface area contributed by atoms with Gasteiger partial charge in [-0.1, -0.05) is 13.8 Å². The molecule has 0 aromatic carbocycles. The van der Waals surface area contributed by atoms with E-state index < -0.39 is 23.4 Å². The number of nitrogens with two attached hydrogens (primary N) is 1. The van der Waals surface area contributed by atoms with E-state index in [-0.39, 0.29) is 18.9 Å². The van der Waals surface area contributed by atoms with Crippen molar-refractivity contribution in [3.8, 4) is 0 Å². The number of primary amides is 1. The van der Waals surface area contributed by atoms with Crippen molar-refractivity contribution in [2.45, 2.75) is 45.1 Å². The van der Waals surface area contributed by atoms with Crippen molar-refractivity contribution in [2.24, 2.45) is 11.7 Å². The van der Waals surface area contributed by atoms with Gasteiger partial charge < -0.3 is 21.1 Å². The fourth-order valence-electron chi connectivity index (χ4n) is 2.39. The second-order valence-corrected chi connectivity index (χ2v) is 5.88. The van der Waals surface area contributed by atoms with Crippen LogP contribution in [0.2, 0.25) is 0 Å². The summed E-state index contributed by atoms with van der Waals surface area (Å²) in [5.74, 6) is -1.33. The molecule has 7 heteroatoms. The molecule has 1 saturated carbocycles. The molecule has 7 nitrogen and oxygen atoms in total. The van der Waals surface area contributed by atoms with Crippen molar-refractivity contribution in [3.05, 3.63) is 0 Å². The molecule has 3 amide bonds. The van der Waals surface area contributed by atoms with Gasteiger partial charge in [0.1, 0.15) is 6.54 Å². The Balaban J connectivity index is 2.68. The number of aliphatic carboxylic acids is 1. The lowest BCUT2D eigenvalue weighted by Gasteiger charge is -2.42. The van der Waals surface area contributed by atoms with Crippen LogP contribution in [0.25, 0.3) is 0 Å². The predicted octanol–water partition coefficient (Wildman–Crippen LogP) is 0.537. The van der Waals surface area contributed by atoms with Gasteiger partial charge >= 0.3 is 12.0 Å². The molecule has 114 valence electrons. The molecule has 0 spiro atoms. The van der Waals surface area contributed by atoms with Crippen molar-refractivity contribution in [3.63, 3.8) is 0 Å². The van der Waals surface area contributed by atoms with E-state index in [0.717, 1.165) is 6.42 Å². The van der Waals surface area contributed by atoms with Gasteiger partial charge in [-0.3, -0.25) is 9.59 Å². The Labute approximate surface area is 118 Å². The number of carboxylic acids is 1. The highest BCUT2D eigenvalue weighted by Gasteiger charge is 2.41. The van der Waals surface area contributed by atoms with Crippen LogP contribution in [0.15, 0.2) is 0 Å². The molecule has 0 atom stereocenters. The first-order valence-corrected chi connectivity index (χ1v) is 6.81. The molecule has 0 aromatic heterocycles. The second kappa shape index (κ2) is 6.58. The van der Waals surface area contributed by atoms with Gasteiger partial charge in [-0.2, -0.15) is 0 Å². The van der Waals surface area contributed by atoms with Gasteiger partial charge in [0.15, 0.2) is 0 Å². The summed E-state index contributed by atoms with van der Waals surface area (Å²) in [6, 6.07) is -0.418. The van der Waals surface area contributed by atoms with Crippen molar-refractivity contribution in [1.29, 1.82) is 0 Å². The molecule has 0 aromatic rings. The minimum Gasteiger partial charge on any atom is -0.481 e. The maximum atomic E-state index is 12.2. The number of carbonyl (C=O) groups is 3. The topological polar surface area (TPSA) is 113 Å². The highest BCUT2D eigenvalue weighted by atomic mass is 16.4. The molecule has 0 unspecified atom stereocenters. The van der Waals surface area contributed by atoms with Crippen LogP contribution in [0, 0.1) is 5.92 Å². The Bertz CT molecular complexity index is 391. The molecular weight excluding hydrogens is 262 g/mol. The Kier molecular flexibility index (Phi) is 5.35. The second-order valence-electron chi connectivity index (χ2n) is 5.88. The molecule has 20 heavy (non-hydrogen) atoms. The lowest BCUT2D eigenvalue weighted by molar-refractivity contribution is -0.139. The first kappa shape index (κ1) is 16.3. The number of hydrogen-bond donors (Lipinski definition) is 3. The molecule has 1 fully saturated rings. The van der Waals surface area contributed by atoms with Crippen LogP contribution in [0.3, 0.4) is 0 Å². The van der Waals surface area contributed by atoms with Crippen LogP contribution in [-0.4, -0.2) is 46.5 Å². The lowest BCUT2D eigenvalue weighted by Crippen LogP contribution is -2.59. The van der Waals surface area contributed by atoms with E-state index in [9.17, 15) is 14.4 Å². The predicted molar refractivity (Wildman–Crippen MR) is 73.0 cm³/mol. The Morgan fingerprint density at radius 3 is 2.30 bits per heavy atom. The van der Waals surface area contributed by atoms with E-state index in [1.54, 1.807) is 0 Å². The van der Waals surface area contributed by atoms with Crippen molar-refractivity contribution >= 4 is 17.9 Å². The molecule has 0 saturated heterocycles. The van der Waals surface area contributed by atoms with Gasteiger partial charge in [0.25, 0.3) is 0 Å². The zero-order chi connectivity index (χ0) is 15.3. The van der Waals surface area contributed by atoms with Gasteiger partial charge in [-0.25, -0.2) is 4.79 Å². The summed E-state index contributed by atoms with van der Waals surface area (Å²) in [7, 11) is 0. The normalized spacial score (nSPS) is 16.4.